The minimum atomic E-state index is 0.218. The second-order valence-electron chi connectivity index (χ2n) is 3.99. The highest BCUT2D eigenvalue weighted by Gasteiger charge is 2.16. The van der Waals surface area contributed by atoms with Crippen molar-refractivity contribution in [2.45, 2.75) is 19.4 Å². The molecule has 0 aliphatic heterocycles. The Bertz CT molecular complexity index is 472. The molecule has 0 aliphatic rings. The number of likely N-dealkylation sites (N-methyl/N-ethyl adjacent to an activating group) is 1. The fraction of sp³-hybridized carbons (Fsp3) is 0.545. The Morgan fingerprint density at radius 3 is 2.65 bits per heavy atom. The maximum absolute atomic E-state index is 4.26. The van der Waals surface area contributed by atoms with E-state index in [2.05, 4.69) is 27.4 Å². The van der Waals surface area contributed by atoms with Crippen molar-refractivity contribution in [1.29, 1.82) is 0 Å². The fourth-order valence-electron chi connectivity index (χ4n) is 1.94. The Hall–Kier alpha value is -1.69. The van der Waals surface area contributed by atoms with Gasteiger partial charge in [-0.1, -0.05) is 6.92 Å². The predicted molar refractivity (Wildman–Crippen MR) is 64.3 cm³/mol. The van der Waals surface area contributed by atoms with E-state index >= 15 is 0 Å². The van der Waals surface area contributed by atoms with Gasteiger partial charge in [-0.3, -0.25) is 9.36 Å². The summed E-state index contributed by atoms with van der Waals surface area (Å²) in [4.78, 5) is 4.26. The van der Waals surface area contributed by atoms with Crippen molar-refractivity contribution in [2.24, 2.45) is 14.1 Å². The SMILES string of the molecule is CCNC(Cc1ncnn1C)c1ccnn1C. The van der Waals surface area contributed by atoms with Crippen molar-refractivity contribution >= 4 is 0 Å². The molecule has 6 nitrogen and oxygen atoms in total. The third kappa shape index (κ3) is 2.52. The van der Waals surface area contributed by atoms with Crippen molar-refractivity contribution in [3.63, 3.8) is 0 Å². The summed E-state index contributed by atoms with van der Waals surface area (Å²) in [6.07, 6.45) is 4.21. The van der Waals surface area contributed by atoms with Crippen molar-refractivity contribution in [1.82, 2.24) is 29.9 Å². The summed E-state index contributed by atoms with van der Waals surface area (Å²) >= 11 is 0. The van der Waals surface area contributed by atoms with E-state index < -0.39 is 0 Å². The van der Waals surface area contributed by atoms with E-state index in [-0.39, 0.29) is 6.04 Å². The van der Waals surface area contributed by atoms with E-state index in [9.17, 15) is 0 Å². The van der Waals surface area contributed by atoms with E-state index in [0.717, 1.165) is 24.5 Å². The first-order valence-electron chi connectivity index (χ1n) is 5.76. The minimum absolute atomic E-state index is 0.218. The summed E-state index contributed by atoms with van der Waals surface area (Å²) < 4.78 is 3.70. The van der Waals surface area contributed by atoms with Crippen LogP contribution in [0.25, 0.3) is 0 Å². The Morgan fingerprint density at radius 2 is 2.12 bits per heavy atom. The molecule has 1 N–H and O–H groups in total. The zero-order valence-electron chi connectivity index (χ0n) is 10.5. The van der Waals surface area contributed by atoms with E-state index in [1.807, 2.05) is 31.0 Å². The standard InChI is InChI=1S/C11H18N6/c1-4-12-9(10-5-6-14-16(10)2)7-11-13-8-15-17(11)3/h5-6,8-9,12H,4,7H2,1-3H3. The molecule has 1 atom stereocenters. The van der Waals surface area contributed by atoms with Gasteiger partial charge in [0.15, 0.2) is 0 Å². The molecule has 92 valence electrons. The lowest BCUT2D eigenvalue weighted by Crippen LogP contribution is -2.26. The summed E-state index contributed by atoms with van der Waals surface area (Å²) in [5.74, 6) is 0.970. The van der Waals surface area contributed by atoms with Crippen LogP contribution in [0.1, 0.15) is 24.5 Å². The van der Waals surface area contributed by atoms with Crippen LogP contribution in [0.4, 0.5) is 0 Å². The van der Waals surface area contributed by atoms with Gasteiger partial charge in [0.2, 0.25) is 0 Å². The zero-order chi connectivity index (χ0) is 12.3. The number of rotatable bonds is 5. The van der Waals surface area contributed by atoms with E-state index in [4.69, 9.17) is 0 Å². The molecule has 1 unspecified atom stereocenters. The number of hydrogen-bond acceptors (Lipinski definition) is 4. The lowest BCUT2D eigenvalue weighted by Gasteiger charge is -2.17. The quantitative estimate of drug-likeness (QED) is 0.815. The molecule has 2 aromatic heterocycles. The highest BCUT2D eigenvalue weighted by molar-refractivity contribution is 5.09. The van der Waals surface area contributed by atoms with Crippen molar-refractivity contribution < 1.29 is 0 Å². The molecule has 2 heterocycles. The Labute approximate surface area is 101 Å². The molecule has 0 amide bonds. The second-order valence-corrected chi connectivity index (χ2v) is 3.99. The summed E-state index contributed by atoms with van der Waals surface area (Å²) in [5, 5.41) is 11.7. The maximum atomic E-state index is 4.26. The Balaban J connectivity index is 2.19. The molecule has 17 heavy (non-hydrogen) atoms. The average molecular weight is 234 g/mol. The summed E-state index contributed by atoms with van der Waals surface area (Å²) in [7, 11) is 3.87. The van der Waals surface area contributed by atoms with E-state index in [1.165, 1.54) is 0 Å². The molecule has 0 fully saturated rings. The van der Waals surface area contributed by atoms with Gasteiger partial charge in [0.25, 0.3) is 0 Å². The van der Waals surface area contributed by atoms with Crippen LogP contribution in [0.5, 0.6) is 0 Å². The van der Waals surface area contributed by atoms with Crippen LogP contribution in [-0.2, 0) is 20.5 Å². The summed E-state index contributed by atoms with van der Waals surface area (Å²) in [5.41, 5.74) is 1.16. The first-order chi connectivity index (χ1) is 8.22. The average Bonchev–Trinajstić information content (AvgIpc) is 2.88. The molecule has 0 aromatic carbocycles. The third-order valence-electron chi connectivity index (χ3n) is 2.86. The van der Waals surface area contributed by atoms with Gasteiger partial charge in [0.1, 0.15) is 12.2 Å². The third-order valence-corrected chi connectivity index (χ3v) is 2.86. The monoisotopic (exact) mass is 234 g/mol. The molecule has 0 radical (unpaired) electrons. The number of aromatic nitrogens is 5. The van der Waals surface area contributed by atoms with Crippen molar-refractivity contribution in [3.05, 3.63) is 30.1 Å². The van der Waals surface area contributed by atoms with Crippen molar-refractivity contribution in [2.75, 3.05) is 6.54 Å². The molecular formula is C11H18N6. The Morgan fingerprint density at radius 1 is 1.29 bits per heavy atom. The topological polar surface area (TPSA) is 60.6 Å². The predicted octanol–water partition coefficient (Wildman–Crippen LogP) is 0.442. The highest BCUT2D eigenvalue weighted by atomic mass is 15.3. The molecule has 0 saturated carbocycles. The lowest BCUT2D eigenvalue weighted by molar-refractivity contribution is 0.488. The van der Waals surface area contributed by atoms with Gasteiger partial charge in [-0.05, 0) is 12.6 Å². The molecule has 0 aliphatic carbocycles. The van der Waals surface area contributed by atoms with Gasteiger partial charge in [0.05, 0.1) is 11.7 Å². The molecule has 2 rings (SSSR count). The normalized spacial score (nSPS) is 12.9. The summed E-state index contributed by atoms with van der Waals surface area (Å²) in [6.45, 7) is 3.01. The molecule has 6 heteroatoms. The summed E-state index contributed by atoms with van der Waals surface area (Å²) in [6, 6.07) is 2.25. The lowest BCUT2D eigenvalue weighted by atomic mass is 10.1. The smallest absolute Gasteiger partial charge is 0.138 e. The Kier molecular flexibility index (Phi) is 3.53. The molecule has 0 spiro atoms. The number of hydrogen-bond donors (Lipinski definition) is 1. The number of nitrogens with one attached hydrogen (secondary N) is 1. The van der Waals surface area contributed by atoms with Crippen LogP contribution in [0, 0.1) is 0 Å². The molecule has 0 saturated heterocycles. The van der Waals surface area contributed by atoms with Crippen LogP contribution in [0.3, 0.4) is 0 Å². The van der Waals surface area contributed by atoms with Crippen LogP contribution < -0.4 is 5.32 Å². The highest BCUT2D eigenvalue weighted by Crippen LogP contribution is 2.15. The van der Waals surface area contributed by atoms with Gasteiger partial charge >= 0.3 is 0 Å². The van der Waals surface area contributed by atoms with E-state index in [0.29, 0.717) is 0 Å². The maximum Gasteiger partial charge on any atom is 0.138 e. The number of nitrogens with zero attached hydrogens (tertiary/aromatic N) is 5. The van der Waals surface area contributed by atoms with Crippen LogP contribution in [0.2, 0.25) is 0 Å². The van der Waals surface area contributed by atoms with Gasteiger partial charge in [-0.15, -0.1) is 0 Å². The molecule has 2 aromatic rings. The van der Waals surface area contributed by atoms with Gasteiger partial charge in [-0.2, -0.15) is 10.2 Å². The van der Waals surface area contributed by atoms with Crippen LogP contribution in [-0.4, -0.2) is 31.1 Å². The van der Waals surface area contributed by atoms with Crippen molar-refractivity contribution in [3.8, 4) is 0 Å². The fourth-order valence-corrected chi connectivity index (χ4v) is 1.94. The van der Waals surface area contributed by atoms with Crippen LogP contribution >= 0.6 is 0 Å². The first kappa shape index (κ1) is 11.8. The van der Waals surface area contributed by atoms with Gasteiger partial charge in [0, 0.05) is 26.7 Å². The zero-order valence-corrected chi connectivity index (χ0v) is 10.5. The van der Waals surface area contributed by atoms with Crippen LogP contribution in [0.15, 0.2) is 18.6 Å². The minimum Gasteiger partial charge on any atom is -0.309 e. The number of aryl methyl sites for hydroxylation is 2. The molecular weight excluding hydrogens is 216 g/mol. The van der Waals surface area contributed by atoms with Gasteiger partial charge < -0.3 is 5.32 Å². The largest absolute Gasteiger partial charge is 0.309 e. The van der Waals surface area contributed by atoms with E-state index in [1.54, 1.807) is 11.0 Å². The second kappa shape index (κ2) is 5.09. The van der Waals surface area contributed by atoms with Gasteiger partial charge in [-0.25, -0.2) is 4.98 Å². The first-order valence-corrected chi connectivity index (χ1v) is 5.76. The molecule has 0 bridgehead atoms.